The summed E-state index contributed by atoms with van der Waals surface area (Å²) in [6.07, 6.45) is 4.70. The van der Waals surface area contributed by atoms with Gasteiger partial charge < -0.3 is 9.30 Å². The van der Waals surface area contributed by atoms with Crippen LogP contribution in [-0.2, 0) is 6.54 Å². The SMILES string of the molecule is CCCn1cc(-n2c(C)c(Sc3ccc(OC)c(C)c3)c3ccc(Cl)c(F)c32)cn1. The Bertz CT molecular complexity index is 1230. The molecule has 30 heavy (non-hydrogen) atoms. The molecule has 0 radical (unpaired) electrons. The highest BCUT2D eigenvalue weighted by Gasteiger charge is 2.22. The van der Waals surface area contributed by atoms with E-state index in [0.29, 0.717) is 5.52 Å². The van der Waals surface area contributed by atoms with Crippen LogP contribution in [-0.4, -0.2) is 21.5 Å². The molecule has 0 aliphatic heterocycles. The maximum atomic E-state index is 15.2. The third-order valence-electron chi connectivity index (χ3n) is 5.12. The minimum absolute atomic E-state index is 0.110. The minimum atomic E-state index is -0.418. The average Bonchev–Trinajstić information content (AvgIpc) is 3.28. The Labute approximate surface area is 184 Å². The number of nitrogens with zero attached hydrogens (tertiary/aromatic N) is 3. The molecule has 0 bridgehead atoms. The number of halogens is 2. The van der Waals surface area contributed by atoms with Crippen molar-refractivity contribution in [3.8, 4) is 11.4 Å². The second-order valence-electron chi connectivity index (χ2n) is 7.20. The zero-order valence-corrected chi connectivity index (χ0v) is 18.9. The van der Waals surface area contributed by atoms with Crippen molar-refractivity contribution in [3.05, 3.63) is 64.8 Å². The summed E-state index contributed by atoms with van der Waals surface area (Å²) in [6.45, 7) is 6.93. The summed E-state index contributed by atoms with van der Waals surface area (Å²) in [6, 6.07) is 9.56. The van der Waals surface area contributed by atoms with Crippen LogP contribution in [0.3, 0.4) is 0 Å². The van der Waals surface area contributed by atoms with Gasteiger partial charge in [-0.25, -0.2) is 4.39 Å². The lowest BCUT2D eigenvalue weighted by atomic mass is 10.2. The third kappa shape index (κ3) is 3.59. The van der Waals surface area contributed by atoms with Gasteiger partial charge in [-0.1, -0.05) is 30.3 Å². The van der Waals surface area contributed by atoms with Gasteiger partial charge in [0.15, 0.2) is 5.82 Å². The van der Waals surface area contributed by atoms with Crippen LogP contribution in [0, 0.1) is 19.7 Å². The van der Waals surface area contributed by atoms with Crippen molar-refractivity contribution in [1.29, 1.82) is 0 Å². The number of fused-ring (bicyclic) bond motifs is 1. The average molecular weight is 444 g/mol. The van der Waals surface area contributed by atoms with E-state index in [1.165, 1.54) is 0 Å². The van der Waals surface area contributed by atoms with E-state index in [1.54, 1.807) is 31.1 Å². The zero-order chi connectivity index (χ0) is 21.4. The molecule has 0 atom stereocenters. The third-order valence-corrected chi connectivity index (χ3v) is 6.62. The molecule has 0 aliphatic carbocycles. The molecule has 4 rings (SSSR count). The summed E-state index contributed by atoms with van der Waals surface area (Å²) in [4.78, 5) is 2.06. The van der Waals surface area contributed by atoms with Crippen LogP contribution in [0.2, 0.25) is 5.02 Å². The second kappa shape index (κ2) is 8.36. The summed E-state index contributed by atoms with van der Waals surface area (Å²) in [5.74, 6) is 0.429. The van der Waals surface area contributed by atoms with Crippen molar-refractivity contribution in [3.63, 3.8) is 0 Å². The van der Waals surface area contributed by atoms with E-state index >= 15 is 4.39 Å². The molecule has 7 heteroatoms. The lowest BCUT2D eigenvalue weighted by molar-refractivity contribution is 0.411. The standard InChI is InChI=1S/C23H23ClFN3OS/c1-5-10-27-13-16(12-26-27)28-15(3)23(18-7-8-19(24)21(25)22(18)28)30-17-6-9-20(29-4)14(2)11-17/h6-9,11-13H,5,10H2,1-4H3. The first-order valence-corrected chi connectivity index (χ1v) is 11.0. The Morgan fingerprint density at radius 1 is 1.20 bits per heavy atom. The Morgan fingerprint density at radius 2 is 2.00 bits per heavy atom. The predicted octanol–water partition coefficient (Wildman–Crippen LogP) is 6.81. The van der Waals surface area contributed by atoms with Gasteiger partial charge >= 0.3 is 0 Å². The van der Waals surface area contributed by atoms with Gasteiger partial charge in [-0.3, -0.25) is 4.68 Å². The molecule has 0 fully saturated rings. The predicted molar refractivity (Wildman–Crippen MR) is 121 cm³/mol. The summed E-state index contributed by atoms with van der Waals surface area (Å²) in [5.41, 5.74) is 3.30. The fraction of sp³-hybridized carbons (Fsp3) is 0.261. The Hall–Kier alpha value is -2.44. The Balaban J connectivity index is 1.89. The van der Waals surface area contributed by atoms with Crippen LogP contribution < -0.4 is 4.74 Å². The number of ether oxygens (including phenoxy) is 1. The lowest BCUT2D eigenvalue weighted by Crippen LogP contribution is -1.99. The topological polar surface area (TPSA) is 32.0 Å². The summed E-state index contributed by atoms with van der Waals surface area (Å²) < 4.78 is 24.3. The van der Waals surface area contributed by atoms with Gasteiger partial charge in [0.25, 0.3) is 0 Å². The van der Waals surface area contributed by atoms with Gasteiger partial charge in [0, 0.05) is 33.6 Å². The van der Waals surface area contributed by atoms with Gasteiger partial charge in [-0.05, 0) is 56.2 Å². The van der Waals surface area contributed by atoms with Gasteiger partial charge in [0.2, 0.25) is 0 Å². The van der Waals surface area contributed by atoms with Crippen LogP contribution in [0.4, 0.5) is 4.39 Å². The molecule has 4 aromatic rings. The van der Waals surface area contributed by atoms with E-state index in [-0.39, 0.29) is 5.02 Å². The van der Waals surface area contributed by atoms with Gasteiger partial charge in [-0.15, -0.1) is 0 Å². The maximum Gasteiger partial charge on any atom is 0.166 e. The van der Waals surface area contributed by atoms with Crippen LogP contribution in [0.5, 0.6) is 5.75 Å². The van der Waals surface area contributed by atoms with E-state index in [9.17, 15) is 0 Å². The molecule has 0 unspecified atom stereocenters. The highest BCUT2D eigenvalue weighted by Crippen LogP contribution is 2.42. The summed E-state index contributed by atoms with van der Waals surface area (Å²) >= 11 is 7.76. The Kier molecular flexibility index (Phi) is 5.80. The molecule has 0 saturated carbocycles. The molecule has 0 N–H and O–H groups in total. The molecule has 0 amide bonds. The summed E-state index contributed by atoms with van der Waals surface area (Å²) in [7, 11) is 1.66. The summed E-state index contributed by atoms with van der Waals surface area (Å²) in [5, 5.41) is 5.37. The smallest absolute Gasteiger partial charge is 0.166 e. The molecule has 156 valence electrons. The Morgan fingerprint density at radius 3 is 2.70 bits per heavy atom. The number of aromatic nitrogens is 3. The molecular weight excluding hydrogens is 421 g/mol. The molecule has 0 saturated heterocycles. The normalized spacial score (nSPS) is 11.4. The molecule has 0 aliphatic rings. The number of hydrogen-bond donors (Lipinski definition) is 0. The number of rotatable bonds is 6. The number of methoxy groups -OCH3 is 1. The zero-order valence-electron chi connectivity index (χ0n) is 17.4. The van der Waals surface area contributed by atoms with Crippen LogP contribution in [0.1, 0.15) is 24.6 Å². The first-order valence-electron chi connectivity index (χ1n) is 9.79. The number of benzene rings is 2. The molecular formula is C23H23ClFN3OS. The van der Waals surface area contributed by atoms with E-state index in [0.717, 1.165) is 50.8 Å². The van der Waals surface area contributed by atoms with Crippen molar-refractivity contribution in [2.75, 3.05) is 7.11 Å². The quantitative estimate of drug-likeness (QED) is 0.328. The van der Waals surface area contributed by atoms with Crippen LogP contribution in [0.15, 0.2) is 52.5 Å². The van der Waals surface area contributed by atoms with Crippen molar-refractivity contribution >= 4 is 34.3 Å². The fourth-order valence-electron chi connectivity index (χ4n) is 3.71. The maximum absolute atomic E-state index is 15.2. The molecule has 2 aromatic carbocycles. The van der Waals surface area contributed by atoms with E-state index in [1.807, 2.05) is 47.5 Å². The van der Waals surface area contributed by atoms with E-state index < -0.39 is 5.82 Å². The number of hydrogen-bond acceptors (Lipinski definition) is 3. The first kappa shape index (κ1) is 20.8. The molecule has 0 spiro atoms. The van der Waals surface area contributed by atoms with Gasteiger partial charge in [-0.2, -0.15) is 5.10 Å². The lowest BCUT2D eigenvalue weighted by Gasteiger charge is -2.08. The molecule has 4 nitrogen and oxygen atoms in total. The van der Waals surface area contributed by atoms with Crippen molar-refractivity contribution in [1.82, 2.24) is 14.3 Å². The van der Waals surface area contributed by atoms with Gasteiger partial charge in [0.1, 0.15) is 5.75 Å². The molecule has 2 aromatic heterocycles. The van der Waals surface area contributed by atoms with E-state index in [2.05, 4.69) is 18.1 Å². The fourth-order valence-corrected chi connectivity index (χ4v) is 4.98. The highest BCUT2D eigenvalue weighted by molar-refractivity contribution is 7.99. The van der Waals surface area contributed by atoms with Crippen molar-refractivity contribution in [2.24, 2.45) is 0 Å². The minimum Gasteiger partial charge on any atom is -0.496 e. The first-order chi connectivity index (χ1) is 14.4. The highest BCUT2D eigenvalue weighted by atomic mass is 35.5. The molecule has 2 heterocycles. The number of aryl methyl sites for hydroxylation is 2. The monoisotopic (exact) mass is 443 g/mol. The largest absolute Gasteiger partial charge is 0.496 e. The second-order valence-corrected chi connectivity index (χ2v) is 8.69. The van der Waals surface area contributed by atoms with Crippen LogP contribution >= 0.6 is 23.4 Å². The van der Waals surface area contributed by atoms with Gasteiger partial charge in [0.05, 0.1) is 29.5 Å². The van der Waals surface area contributed by atoms with Crippen molar-refractivity contribution < 1.29 is 9.13 Å². The van der Waals surface area contributed by atoms with E-state index in [4.69, 9.17) is 16.3 Å². The van der Waals surface area contributed by atoms with Crippen molar-refractivity contribution in [2.45, 2.75) is 43.5 Å². The van der Waals surface area contributed by atoms with Crippen LogP contribution in [0.25, 0.3) is 16.6 Å².